The molecule has 4 aromatic rings. The van der Waals surface area contributed by atoms with Crippen LogP contribution in [0.25, 0.3) is 11.0 Å². The summed E-state index contributed by atoms with van der Waals surface area (Å²) in [6.07, 6.45) is 2.62. The van der Waals surface area contributed by atoms with Gasteiger partial charge in [-0.15, -0.1) is 0 Å². The Morgan fingerprint density at radius 3 is 2.32 bits per heavy atom. The average molecular weight is 415 g/mol. The maximum Gasteiger partial charge on any atom is 0.226 e. The standard InChI is InChI=1S/C24H25N5O2/c1-30-19-13-18(14-20(15-19)31-2)16-27-23-21-9-6-11-25-22(21)28-24(29-23)26-12-10-17-7-4-3-5-8-17/h3-9,11,13-15H,10,12,16H2,1-2H3,(H2,25,26,27,28,29). The summed E-state index contributed by atoms with van der Waals surface area (Å²) in [6.45, 7) is 1.28. The number of rotatable bonds is 9. The van der Waals surface area contributed by atoms with E-state index < -0.39 is 0 Å². The topological polar surface area (TPSA) is 81.2 Å². The molecule has 7 heteroatoms. The highest BCUT2D eigenvalue weighted by atomic mass is 16.5. The number of fused-ring (bicyclic) bond motifs is 1. The Hall–Kier alpha value is -3.87. The summed E-state index contributed by atoms with van der Waals surface area (Å²) in [5, 5.41) is 7.60. The van der Waals surface area contributed by atoms with Crippen LogP contribution in [0.3, 0.4) is 0 Å². The lowest BCUT2D eigenvalue weighted by Crippen LogP contribution is -2.11. The van der Waals surface area contributed by atoms with E-state index in [1.807, 2.05) is 48.5 Å². The maximum absolute atomic E-state index is 5.37. The lowest BCUT2D eigenvalue weighted by molar-refractivity contribution is 0.393. The van der Waals surface area contributed by atoms with Crippen molar-refractivity contribution in [3.63, 3.8) is 0 Å². The van der Waals surface area contributed by atoms with Crippen LogP contribution in [-0.2, 0) is 13.0 Å². The molecule has 0 unspecified atom stereocenters. The molecule has 0 bridgehead atoms. The number of hydrogen-bond donors (Lipinski definition) is 2. The van der Waals surface area contributed by atoms with E-state index in [0.29, 0.717) is 18.1 Å². The Balaban J connectivity index is 1.52. The quantitative estimate of drug-likeness (QED) is 0.422. The van der Waals surface area contributed by atoms with Crippen LogP contribution in [-0.4, -0.2) is 35.7 Å². The minimum Gasteiger partial charge on any atom is -0.497 e. The summed E-state index contributed by atoms with van der Waals surface area (Å²) in [4.78, 5) is 13.7. The van der Waals surface area contributed by atoms with E-state index in [4.69, 9.17) is 14.5 Å². The number of ether oxygens (including phenoxy) is 2. The van der Waals surface area contributed by atoms with Crippen molar-refractivity contribution in [2.45, 2.75) is 13.0 Å². The second-order valence-corrected chi connectivity index (χ2v) is 7.01. The number of nitrogens with zero attached hydrogens (tertiary/aromatic N) is 3. The number of nitrogens with one attached hydrogen (secondary N) is 2. The van der Waals surface area contributed by atoms with Gasteiger partial charge in [0.25, 0.3) is 0 Å². The van der Waals surface area contributed by atoms with Gasteiger partial charge in [-0.2, -0.15) is 9.97 Å². The molecule has 0 aliphatic heterocycles. The third-order valence-corrected chi connectivity index (χ3v) is 4.88. The molecular formula is C24H25N5O2. The zero-order valence-electron chi connectivity index (χ0n) is 17.6. The predicted molar refractivity (Wildman–Crippen MR) is 123 cm³/mol. The SMILES string of the molecule is COc1cc(CNc2nc(NCCc3ccccc3)nc3ncccc23)cc(OC)c1. The largest absolute Gasteiger partial charge is 0.497 e. The van der Waals surface area contributed by atoms with Crippen LogP contribution in [0.2, 0.25) is 0 Å². The van der Waals surface area contributed by atoms with Gasteiger partial charge in [-0.1, -0.05) is 30.3 Å². The molecule has 0 radical (unpaired) electrons. The fourth-order valence-corrected chi connectivity index (χ4v) is 3.29. The number of hydrogen-bond acceptors (Lipinski definition) is 7. The van der Waals surface area contributed by atoms with E-state index >= 15 is 0 Å². The molecule has 0 atom stereocenters. The fraction of sp³-hybridized carbons (Fsp3) is 0.208. The molecule has 2 aromatic heterocycles. The first-order valence-electron chi connectivity index (χ1n) is 10.1. The van der Waals surface area contributed by atoms with E-state index in [-0.39, 0.29) is 0 Å². The molecular weight excluding hydrogens is 390 g/mol. The average Bonchev–Trinajstić information content (AvgIpc) is 2.83. The van der Waals surface area contributed by atoms with Gasteiger partial charge < -0.3 is 20.1 Å². The first-order chi connectivity index (χ1) is 15.2. The van der Waals surface area contributed by atoms with Crippen molar-refractivity contribution in [1.82, 2.24) is 15.0 Å². The van der Waals surface area contributed by atoms with Crippen molar-refractivity contribution in [3.05, 3.63) is 78.0 Å². The second kappa shape index (κ2) is 9.75. The summed E-state index contributed by atoms with van der Waals surface area (Å²) < 4.78 is 10.7. The molecule has 0 spiro atoms. The van der Waals surface area contributed by atoms with Crippen molar-refractivity contribution in [1.29, 1.82) is 0 Å². The Bertz CT molecular complexity index is 1130. The summed E-state index contributed by atoms with van der Waals surface area (Å²) >= 11 is 0. The van der Waals surface area contributed by atoms with Gasteiger partial charge in [0.2, 0.25) is 5.95 Å². The summed E-state index contributed by atoms with van der Waals surface area (Å²) in [5.74, 6) is 2.76. The number of anilines is 2. The third kappa shape index (κ3) is 5.19. The van der Waals surface area contributed by atoms with Gasteiger partial charge in [-0.3, -0.25) is 0 Å². The minimum absolute atomic E-state index is 0.549. The highest BCUT2D eigenvalue weighted by molar-refractivity contribution is 5.87. The smallest absolute Gasteiger partial charge is 0.226 e. The minimum atomic E-state index is 0.549. The Labute approximate surface area is 181 Å². The first kappa shape index (κ1) is 20.4. The molecule has 158 valence electrons. The summed E-state index contributed by atoms with van der Waals surface area (Å²) in [7, 11) is 3.28. The van der Waals surface area contributed by atoms with Crippen LogP contribution >= 0.6 is 0 Å². The molecule has 0 saturated heterocycles. The van der Waals surface area contributed by atoms with E-state index in [2.05, 4.69) is 32.7 Å². The van der Waals surface area contributed by atoms with E-state index in [1.165, 1.54) is 5.56 Å². The molecule has 0 aliphatic rings. The van der Waals surface area contributed by atoms with Gasteiger partial charge in [-0.25, -0.2) is 4.98 Å². The predicted octanol–water partition coefficient (Wildman–Crippen LogP) is 4.31. The van der Waals surface area contributed by atoms with Crippen LogP contribution in [0.1, 0.15) is 11.1 Å². The second-order valence-electron chi connectivity index (χ2n) is 7.01. The number of benzene rings is 2. The Kier molecular flexibility index (Phi) is 6.42. The van der Waals surface area contributed by atoms with Crippen molar-refractivity contribution >= 4 is 22.8 Å². The molecule has 0 fully saturated rings. The van der Waals surface area contributed by atoms with Crippen molar-refractivity contribution in [3.8, 4) is 11.5 Å². The van der Waals surface area contributed by atoms with E-state index in [0.717, 1.165) is 41.2 Å². The summed E-state index contributed by atoms with van der Waals surface area (Å²) in [5.41, 5.74) is 2.93. The molecule has 2 N–H and O–H groups in total. The number of methoxy groups -OCH3 is 2. The molecule has 4 rings (SSSR count). The zero-order valence-corrected chi connectivity index (χ0v) is 17.6. The maximum atomic E-state index is 5.37. The van der Waals surface area contributed by atoms with Crippen LogP contribution in [0.5, 0.6) is 11.5 Å². The number of aromatic nitrogens is 3. The van der Waals surface area contributed by atoms with Gasteiger partial charge in [0.1, 0.15) is 17.3 Å². The van der Waals surface area contributed by atoms with Gasteiger partial charge in [0, 0.05) is 25.4 Å². The molecule has 2 aromatic carbocycles. The molecule has 0 aliphatic carbocycles. The van der Waals surface area contributed by atoms with E-state index in [1.54, 1.807) is 20.4 Å². The van der Waals surface area contributed by atoms with Gasteiger partial charge in [-0.05, 0) is 41.8 Å². The van der Waals surface area contributed by atoms with Crippen molar-refractivity contribution in [2.24, 2.45) is 0 Å². The first-order valence-corrected chi connectivity index (χ1v) is 10.1. The Morgan fingerprint density at radius 1 is 0.806 bits per heavy atom. The third-order valence-electron chi connectivity index (χ3n) is 4.88. The monoisotopic (exact) mass is 415 g/mol. The Morgan fingerprint density at radius 2 is 1.58 bits per heavy atom. The van der Waals surface area contributed by atoms with Crippen LogP contribution in [0.4, 0.5) is 11.8 Å². The van der Waals surface area contributed by atoms with Crippen molar-refractivity contribution < 1.29 is 9.47 Å². The molecule has 2 heterocycles. The normalized spacial score (nSPS) is 10.6. The summed E-state index contributed by atoms with van der Waals surface area (Å²) in [6, 6.07) is 20.0. The molecule has 0 amide bonds. The molecule has 0 saturated carbocycles. The zero-order chi connectivity index (χ0) is 21.5. The lowest BCUT2D eigenvalue weighted by atomic mass is 10.1. The van der Waals surface area contributed by atoms with Crippen LogP contribution < -0.4 is 20.1 Å². The lowest BCUT2D eigenvalue weighted by Gasteiger charge is -2.13. The number of pyridine rings is 1. The highest BCUT2D eigenvalue weighted by Crippen LogP contribution is 2.25. The highest BCUT2D eigenvalue weighted by Gasteiger charge is 2.09. The van der Waals surface area contributed by atoms with E-state index in [9.17, 15) is 0 Å². The van der Waals surface area contributed by atoms with Crippen LogP contribution in [0.15, 0.2) is 66.9 Å². The molecule has 7 nitrogen and oxygen atoms in total. The molecule has 31 heavy (non-hydrogen) atoms. The van der Waals surface area contributed by atoms with Gasteiger partial charge in [0.05, 0.1) is 19.6 Å². The van der Waals surface area contributed by atoms with Gasteiger partial charge in [0.15, 0.2) is 5.65 Å². The van der Waals surface area contributed by atoms with Crippen LogP contribution in [0, 0.1) is 0 Å². The fourth-order valence-electron chi connectivity index (χ4n) is 3.29. The van der Waals surface area contributed by atoms with Crippen molar-refractivity contribution in [2.75, 3.05) is 31.4 Å². The van der Waals surface area contributed by atoms with Gasteiger partial charge >= 0.3 is 0 Å².